The monoisotopic (exact) mass is 271 g/mol. The second-order valence-corrected chi connectivity index (χ2v) is 6.77. The molecule has 0 heterocycles. The predicted molar refractivity (Wildman–Crippen MR) is 83.1 cm³/mol. The van der Waals surface area contributed by atoms with Crippen LogP contribution in [0.15, 0.2) is 53.4 Å². The lowest BCUT2D eigenvalue weighted by Crippen LogP contribution is -2.16. The van der Waals surface area contributed by atoms with Crippen LogP contribution in [0.3, 0.4) is 0 Å². The standard InChI is InChI=1S/C17H19OS/c1-13-8-7-11-17(14(13)2)19(3)12-16(18)15-9-5-4-6-10-15/h4-11H,12H2,1-3H3/q+1. The lowest BCUT2D eigenvalue weighted by Gasteiger charge is -2.07. The first kappa shape index (κ1) is 13.9. The highest BCUT2D eigenvalue weighted by Crippen LogP contribution is 2.20. The molecule has 0 N–H and O–H groups in total. The van der Waals surface area contributed by atoms with Crippen LogP contribution in [0, 0.1) is 13.8 Å². The molecule has 2 aromatic carbocycles. The topological polar surface area (TPSA) is 17.1 Å². The molecule has 1 atom stereocenters. The molecule has 2 heteroatoms. The van der Waals surface area contributed by atoms with Gasteiger partial charge in [-0.15, -0.1) is 0 Å². The molecule has 0 aliphatic carbocycles. The summed E-state index contributed by atoms with van der Waals surface area (Å²) in [5, 5.41) is 0. The fraction of sp³-hybridized carbons (Fsp3) is 0.235. The van der Waals surface area contributed by atoms with Crippen molar-refractivity contribution in [2.24, 2.45) is 0 Å². The first-order valence-corrected chi connectivity index (χ1v) is 8.17. The van der Waals surface area contributed by atoms with E-state index < -0.39 is 0 Å². The summed E-state index contributed by atoms with van der Waals surface area (Å²) in [6, 6.07) is 15.9. The Kier molecular flexibility index (Phi) is 4.43. The zero-order valence-electron chi connectivity index (χ0n) is 11.6. The summed E-state index contributed by atoms with van der Waals surface area (Å²) in [5.74, 6) is 0.821. The highest BCUT2D eigenvalue weighted by Gasteiger charge is 2.23. The van der Waals surface area contributed by atoms with Crippen molar-refractivity contribution in [1.82, 2.24) is 0 Å². The number of aryl methyl sites for hydroxylation is 1. The Hall–Kier alpha value is -1.54. The first-order valence-electron chi connectivity index (χ1n) is 6.36. The smallest absolute Gasteiger partial charge is 0.212 e. The van der Waals surface area contributed by atoms with Crippen molar-refractivity contribution in [3.8, 4) is 0 Å². The van der Waals surface area contributed by atoms with E-state index in [0.29, 0.717) is 5.75 Å². The third kappa shape index (κ3) is 3.27. The quantitative estimate of drug-likeness (QED) is 0.611. The molecule has 2 rings (SSSR count). The van der Waals surface area contributed by atoms with Gasteiger partial charge < -0.3 is 0 Å². The Bertz CT molecular complexity index is 575. The van der Waals surface area contributed by atoms with Crippen molar-refractivity contribution in [2.75, 3.05) is 12.0 Å². The third-order valence-corrected chi connectivity index (χ3v) is 5.26. The molecule has 0 saturated heterocycles. The minimum atomic E-state index is -0.0354. The minimum absolute atomic E-state index is 0.0354. The number of carbonyl (C=O) groups is 1. The number of benzene rings is 2. The zero-order valence-corrected chi connectivity index (χ0v) is 12.5. The fourth-order valence-corrected chi connectivity index (χ4v) is 3.79. The SMILES string of the molecule is Cc1cccc([S+](C)CC(=O)c2ccccc2)c1C. The van der Waals surface area contributed by atoms with Crippen molar-refractivity contribution < 1.29 is 4.79 Å². The average Bonchev–Trinajstić information content (AvgIpc) is 2.42. The molecule has 0 saturated carbocycles. The van der Waals surface area contributed by atoms with Crippen molar-refractivity contribution in [1.29, 1.82) is 0 Å². The van der Waals surface area contributed by atoms with E-state index >= 15 is 0 Å². The van der Waals surface area contributed by atoms with E-state index in [4.69, 9.17) is 0 Å². The summed E-state index contributed by atoms with van der Waals surface area (Å²) in [6.45, 7) is 4.26. The Morgan fingerprint density at radius 2 is 1.68 bits per heavy atom. The molecule has 0 aliphatic rings. The third-order valence-electron chi connectivity index (χ3n) is 3.37. The summed E-state index contributed by atoms with van der Waals surface area (Å²) in [5.41, 5.74) is 3.42. The van der Waals surface area contributed by atoms with Gasteiger partial charge in [-0.1, -0.05) is 42.5 Å². The molecule has 0 radical (unpaired) electrons. The van der Waals surface area contributed by atoms with Crippen LogP contribution in [-0.2, 0) is 10.9 Å². The number of carbonyl (C=O) groups excluding carboxylic acids is 1. The number of hydrogen-bond acceptors (Lipinski definition) is 1. The first-order chi connectivity index (χ1) is 9.09. The number of hydrogen-bond donors (Lipinski definition) is 0. The summed E-state index contributed by atoms with van der Waals surface area (Å²) in [6.07, 6.45) is 2.16. The molecule has 1 nitrogen and oxygen atoms in total. The van der Waals surface area contributed by atoms with Crippen molar-refractivity contribution >= 4 is 16.7 Å². The molecule has 0 bridgehead atoms. The normalized spacial score (nSPS) is 12.2. The number of Topliss-reactive ketones (excluding diaryl/α,β-unsaturated/α-hetero) is 1. The molecule has 98 valence electrons. The summed E-state index contributed by atoms with van der Waals surface area (Å²) < 4.78 is 0. The van der Waals surface area contributed by atoms with E-state index in [1.54, 1.807) is 0 Å². The van der Waals surface area contributed by atoms with Gasteiger partial charge >= 0.3 is 0 Å². The van der Waals surface area contributed by atoms with Crippen LogP contribution in [0.4, 0.5) is 0 Å². The molecule has 0 fully saturated rings. The number of rotatable bonds is 4. The van der Waals surface area contributed by atoms with Crippen molar-refractivity contribution in [3.63, 3.8) is 0 Å². The maximum absolute atomic E-state index is 12.2. The van der Waals surface area contributed by atoms with E-state index in [1.807, 2.05) is 30.3 Å². The second kappa shape index (κ2) is 6.07. The summed E-state index contributed by atoms with van der Waals surface area (Å²) in [7, 11) is -0.0354. The molecular weight excluding hydrogens is 252 g/mol. The average molecular weight is 271 g/mol. The van der Waals surface area contributed by atoms with Gasteiger partial charge in [0.05, 0.1) is 0 Å². The van der Waals surface area contributed by atoms with Gasteiger partial charge in [-0.05, 0) is 25.5 Å². The van der Waals surface area contributed by atoms with E-state index in [0.717, 1.165) is 5.56 Å². The van der Waals surface area contributed by atoms with Crippen LogP contribution >= 0.6 is 0 Å². The van der Waals surface area contributed by atoms with Gasteiger partial charge in [-0.3, -0.25) is 4.79 Å². The highest BCUT2D eigenvalue weighted by molar-refractivity contribution is 7.97. The largest absolute Gasteiger partial charge is 0.289 e. The van der Waals surface area contributed by atoms with Gasteiger partial charge in [0, 0.05) is 22.0 Å². The van der Waals surface area contributed by atoms with Crippen LogP contribution in [0.5, 0.6) is 0 Å². The van der Waals surface area contributed by atoms with E-state index in [-0.39, 0.29) is 16.7 Å². The van der Waals surface area contributed by atoms with E-state index in [1.165, 1.54) is 16.0 Å². The van der Waals surface area contributed by atoms with E-state index in [9.17, 15) is 4.79 Å². The maximum Gasteiger partial charge on any atom is 0.212 e. The molecule has 0 aliphatic heterocycles. The molecule has 19 heavy (non-hydrogen) atoms. The molecule has 0 amide bonds. The summed E-state index contributed by atoms with van der Waals surface area (Å²) >= 11 is 0. The van der Waals surface area contributed by atoms with Crippen LogP contribution < -0.4 is 0 Å². The van der Waals surface area contributed by atoms with Gasteiger partial charge in [0.15, 0.2) is 10.6 Å². The second-order valence-electron chi connectivity index (χ2n) is 4.77. The van der Waals surface area contributed by atoms with Crippen LogP contribution in [0.25, 0.3) is 0 Å². The molecule has 0 aromatic heterocycles. The molecule has 2 aromatic rings. The Labute approximate surface area is 118 Å². The van der Waals surface area contributed by atoms with Gasteiger partial charge in [0.25, 0.3) is 0 Å². The predicted octanol–water partition coefficient (Wildman–Crippen LogP) is 3.79. The lowest BCUT2D eigenvalue weighted by molar-refractivity contribution is 0.102. The van der Waals surface area contributed by atoms with Crippen LogP contribution in [0.2, 0.25) is 0 Å². The molecule has 1 unspecified atom stereocenters. The van der Waals surface area contributed by atoms with Crippen molar-refractivity contribution in [3.05, 3.63) is 65.2 Å². The summed E-state index contributed by atoms with van der Waals surface area (Å²) in [4.78, 5) is 13.5. The van der Waals surface area contributed by atoms with Crippen LogP contribution in [0.1, 0.15) is 21.5 Å². The Morgan fingerprint density at radius 1 is 1.00 bits per heavy atom. The minimum Gasteiger partial charge on any atom is -0.289 e. The van der Waals surface area contributed by atoms with E-state index in [2.05, 4.69) is 38.3 Å². The maximum atomic E-state index is 12.2. The number of ketones is 1. The van der Waals surface area contributed by atoms with Crippen molar-refractivity contribution in [2.45, 2.75) is 18.7 Å². The lowest BCUT2D eigenvalue weighted by atomic mass is 10.1. The van der Waals surface area contributed by atoms with Gasteiger partial charge in [0.2, 0.25) is 5.78 Å². The Balaban J connectivity index is 2.15. The molecular formula is C17H19OS+. The highest BCUT2D eigenvalue weighted by atomic mass is 32.2. The Morgan fingerprint density at radius 3 is 2.37 bits per heavy atom. The zero-order chi connectivity index (χ0) is 13.8. The van der Waals surface area contributed by atoms with Gasteiger partial charge in [-0.2, -0.15) is 0 Å². The molecule has 0 spiro atoms. The van der Waals surface area contributed by atoms with Gasteiger partial charge in [-0.25, -0.2) is 0 Å². The van der Waals surface area contributed by atoms with Gasteiger partial charge in [0.1, 0.15) is 6.26 Å². The fourth-order valence-electron chi connectivity index (χ4n) is 2.08. The van der Waals surface area contributed by atoms with Crippen LogP contribution in [-0.4, -0.2) is 17.8 Å².